The van der Waals surface area contributed by atoms with E-state index in [1.807, 2.05) is 31.3 Å². The first-order valence-electron chi connectivity index (χ1n) is 7.99. The van der Waals surface area contributed by atoms with Crippen LogP contribution in [0.3, 0.4) is 0 Å². The number of nitrogens with zero attached hydrogens (tertiary/aromatic N) is 3. The molecule has 1 amide bonds. The van der Waals surface area contributed by atoms with Crippen LogP contribution in [0.1, 0.15) is 16.1 Å². The molecule has 6 heteroatoms. The Balaban J connectivity index is 1.65. The van der Waals surface area contributed by atoms with Gasteiger partial charge in [0.15, 0.2) is 0 Å². The lowest BCUT2D eigenvalue weighted by Gasteiger charge is -2.26. The van der Waals surface area contributed by atoms with Gasteiger partial charge in [0.2, 0.25) is 0 Å². The van der Waals surface area contributed by atoms with Gasteiger partial charge in [0.25, 0.3) is 5.91 Å². The molecule has 1 aromatic heterocycles. The summed E-state index contributed by atoms with van der Waals surface area (Å²) in [5.41, 5.74) is 1.59. The molecule has 1 aliphatic rings. The second-order valence-corrected chi connectivity index (χ2v) is 6.39. The quantitative estimate of drug-likeness (QED) is 0.923. The SMILES string of the molecule is CN(Cc1ccc(F)cc1)[C@@H]1CN(C(=O)c2cccn2C)C[C@H]1O. The van der Waals surface area contributed by atoms with Gasteiger partial charge in [-0.1, -0.05) is 12.1 Å². The molecule has 0 radical (unpaired) electrons. The Bertz CT molecular complexity index is 713. The van der Waals surface area contributed by atoms with E-state index in [2.05, 4.69) is 0 Å². The summed E-state index contributed by atoms with van der Waals surface area (Å²) in [5, 5.41) is 10.4. The molecule has 0 spiro atoms. The highest BCUT2D eigenvalue weighted by Crippen LogP contribution is 2.20. The van der Waals surface area contributed by atoms with Crippen molar-refractivity contribution < 1.29 is 14.3 Å². The van der Waals surface area contributed by atoms with Gasteiger partial charge in [-0.15, -0.1) is 0 Å². The van der Waals surface area contributed by atoms with Crippen LogP contribution in [0, 0.1) is 5.82 Å². The Kier molecular flexibility index (Phi) is 4.69. The molecule has 2 aromatic rings. The summed E-state index contributed by atoms with van der Waals surface area (Å²) in [4.78, 5) is 16.3. The standard InChI is InChI=1S/C18H22FN3O2/c1-20-9-3-4-15(20)18(24)22-11-16(17(23)12-22)21(2)10-13-5-7-14(19)8-6-13/h3-9,16-17,23H,10-12H2,1-2H3/t16-,17-/m1/s1. The molecular weight excluding hydrogens is 309 g/mol. The molecular formula is C18H22FN3O2. The van der Waals surface area contributed by atoms with Crippen molar-refractivity contribution in [1.82, 2.24) is 14.4 Å². The van der Waals surface area contributed by atoms with E-state index >= 15 is 0 Å². The monoisotopic (exact) mass is 331 g/mol. The first-order chi connectivity index (χ1) is 11.5. The van der Waals surface area contributed by atoms with Crippen LogP contribution in [0.25, 0.3) is 0 Å². The summed E-state index contributed by atoms with van der Waals surface area (Å²) in [6, 6.07) is 9.81. The number of hydrogen-bond acceptors (Lipinski definition) is 3. The topological polar surface area (TPSA) is 48.7 Å². The fourth-order valence-electron chi connectivity index (χ4n) is 3.21. The molecule has 128 valence electrons. The van der Waals surface area contributed by atoms with Crippen LogP contribution in [-0.4, -0.2) is 57.7 Å². The smallest absolute Gasteiger partial charge is 0.270 e. The van der Waals surface area contributed by atoms with E-state index in [-0.39, 0.29) is 17.8 Å². The molecule has 1 aromatic carbocycles. The van der Waals surface area contributed by atoms with Gasteiger partial charge in [0, 0.05) is 32.9 Å². The van der Waals surface area contributed by atoms with E-state index < -0.39 is 6.10 Å². The Morgan fingerprint density at radius 3 is 2.62 bits per heavy atom. The molecule has 0 bridgehead atoms. The largest absolute Gasteiger partial charge is 0.390 e. The van der Waals surface area contributed by atoms with Crippen LogP contribution in [0.5, 0.6) is 0 Å². The summed E-state index contributed by atoms with van der Waals surface area (Å²) in [6.07, 6.45) is 1.23. The molecule has 0 aliphatic carbocycles. The minimum Gasteiger partial charge on any atom is -0.390 e. The normalized spacial score (nSPS) is 20.8. The van der Waals surface area contributed by atoms with E-state index in [4.69, 9.17) is 0 Å². The number of rotatable bonds is 4. The van der Waals surface area contributed by atoms with Gasteiger partial charge >= 0.3 is 0 Å². The van der Waals surface area contributed by atoms with Crippen molar-refractivity contribution in [3.8, 4) is 0 Å². The van der Waals surface area contributed by atoms with Gasteiger partial charge in [0.1, 0.15) is 11.5 Å². The second kappa shape index (κ2) is 6.75. The lowest BCUT2D eigenvalue weighted by atomic mass is 10.1. The fourth-order valence-corrected chi connectivity index (χ4v) is 3.21. The first-order valence-corrected chi connectivity index (χ1v) is 7.99. The molecule has 1 fully saturated rings. The van der Waals surface area contributed by atoms with Crippen LogP contribution in [0.4, 0.5) is 4.39 Å². The van der Waals surface area contributed by atoms with Crippen LogP contribution in [0.15, 0.2) is 42.6 Å². The number of likely N-dealkylation sites (tertiary alicyclic amines) is 1. The molecule has 3 rings (SSSR count). The highest BCUT2D eigenvalue weighted by molar-refractivity contribution is 5.93. The number of carbonyl (C=O) groups excluding carboxylic acids is 1. The molecule has 0 unspecified atom stereocenters. The maximum Gasteiger partial charge on any atom is 0.270 e. The van der Waals surface area contributed by atoms with Crippen molar-refractivity contribution in [1.29, 1.82) is 0 Å². The Morgan fingerprint density at radius 2 is 2.00 bits per heavy atom. The second-order valence-electron chi connectivity index (χ2n) is 6.39. The van der Waals surface area contributed by atoms with Crippen LogP contribution in [0.2, 0.25) is 0 Å². The molecule has 24 heavy (non-hydrogen) atoms. The number of aliphatic hydroxyl groups excluding tert-OH is 1. The Hall–Kier alpha value is -2.18. The van der Waals surface area contributed by atoms with Gasteiger partial charge in [-0.2, -0.15) is 0 Å². The first kappa shape index (κ1) is 16.7. The summed E-state index contributed by atoms with van der Waals surface area (Å²) in [6.45, 7) is 1.39. The van der Waals surface area contributed by atoms with Gasteiger partial charge in [-0.25, -0.2) is 4.39 Å². The third-order valence-electron chi connectivity index (χ3n) is 4.62. The summed E-state index contributed by atoms with van der Waals surface area (Å²) in [5.74, 6) is -0.333. The highest BCUT2D eigenvalue weighted by atomic mass is 19.1. The fraction of sp³-hybridized carbons (Fsp3) is 0.389. The Morgan fingerprint density at radius 1 is 1.29 bits per heavy atom. The van der Waals surface area contributed by atoms with Crippen molar-refractivity contribution >= 4 is 5.91 Å². The average Bonchev–Trinajstić information content (AvgIpc) is 3.15. The van der Waals surface area contributed by atoms with E-state index in [9.17, 15) is 14.3 Å². The van der Waals surface area contributed by atoms with Gasteiger partial charge in [-0.3, -0.25) is 9.69 Å². The molecule has 5 nitrogen and oxygen atoms in total. The number of benzene rings is 1. The number of amides is 1. The highest BCUT2D eigenvalue weighted by Gasteiger charge is 2.37. The van der Waals surface area contributed by atoms with Crippen LogP contribution in [-0.2, 0) is 13.6 Å². The maximum atomic E-state index is 13.0. The molecule has 1 N–H and O–H groups in total. The molecule has 1 saturated heterocycles. The number of β-amino-alcohol motifs (C(OH)–C–C–N with tert-alkyl or cyclic N) is 1. The van der Waals surface area contributed by atoms with Crippen molar-refractivity contribution in [3.63, 3.8) is 0 Å². The summed E-state index contributed by atoms with van der Waals surface area (Å²) in [7, 11) is 3.74. The van der Waals surface area contributed by atoms with Crippen molar-refractivity contribution in [3.05, 3.63) is 59.7 Å². The molecule has 0 saturated carbocycles. The van der Waals surface area contributed by atoms with Crippen molar-refractivity contribution in [2.75, 3.05) is 20.1 Å². The lowest BCUT2D eigenvalue weighted by molar-refractivity contribution is 0.0753. The number of aryl methyl sites for hydroxylation is 1. The van der Waals surface area contributed by atoms with E-state index in [0.29, 0.717) is 25.3 Å². The van der Waals surface area contributed by atoms with E-state index in [1.165, 1.54) is 12.1 Å². The Labute approximate surface area is 140 Å². The summed E-state index contributed by atoms with van der Waals surface area (Å²) >= 11 is 0. The van der Waals surface area contributed by atoms with Gasteiger partial charge in [-0.05, 0) is 36.9 Å². The van der Waals surface area contributed by atoms with E-state index in [1.54, 1.807) is 27.7 Å². The predicted octanol–water partition coefficient (Wildman–Crippen LogP) is 1.48. The lowest BCUT2D eigenvalue weighted by Crippen LogP contribution is -2.40. The third kappa shape index (κ3) is 3.34. The zero-order valence-corrected chi connectivity index (χ0v) is 13.9. The van der Waals surface area contributed by atoms with Crippen molar-refractivity contribution in [2.24, 2.45) is 7.05 Å². The van der Waals surface area contributed by atoms with Crippen LogP contribution < -0.4 is 0 Å². The number of likely N-dealkylation sites (N-methyl/N-ethyl adjacent to an activating group) is 1. The summed E-state index contributed by atoms with van der Waals surface area (Å²) < 4.78 is 14.8. The zero-order valence-electron chi connectivity index (χ0n) is 13.9. The van der Waals surface area contributed by atoms with Crippen molar-refractivity contribution in [2.45, 2.75) is 18.7 Å². The minimum absolute atomic E-state index is 0.0702. The number of aromatic nitrogens is 1. The number of hydrogen-bond donors (Lipinski definition) is 1. The third-order valence-corrected chi connectivity index (χ3v) is 4.62. The molecule has 2 heterocycles. The zero-order chi connectivity index (χ0) is 17.3. The average molecular weight is 331 g/mol. The number of aliphatic hydroxyl groups is 1. The number of carbonyl (C=O) groups is 1. The number of halogens is 1. The molecule has 1 aliphatic heterocycles. The molecule has 2 atom stereocenters. The maximum absolute atomic E-state index is 13.0. The predicted molar refractivity (Wildman–Crippen MR) is 89.0 cm³/mol. The minimum atomic E-state index is -0.598. The van der Waals surface area contributed by atoms with Gasteiger partial charge < -0.3 is 14.6 Å². The van der Waals surface area contributed by atoms with E-state index in [0.717, 1.165) is 5.56 Å². The van der Waals surface area contributed by atoms with Crippen LogP contribution >= 0.6 is 0 Å². The van der Waals surface area contributed by atoms with Gasteiger partial charge in [0.05, 0.1) is 12.1 Å².